The van der Waals surface area contributed by atoms with E-state index in [1.165, 1.54) is 29.2 Å². The van der Waals surface area contributed by atoms with Crippen molar-refractivity contribution in [3.05, 3.63) is 77.0 Å². The third-order valence-corrected chi connectivity index (χ3v) is 5.16. The van der Waals surface area contributed by atoms with Crippen LogP contribution in [-0.2, 0) is 4.79 Å². The van der Waals surface area contributed by atoms with Crippen LogP contribution in [-0.4, -0.2) is 25.1 Å². The highest BCUT2D eigenvalue weighted by atomic mass is 16.5. The number of methoxy groups -OCH3 is 2. The van der Waals surface area contributed by atoms with Gasteiger partial charge in [0.25, 0.3) is 0 Å². The fraction of sp³-hybridized carbons (Fsp3) is 0.208. The number of amides is 1. The van der Waals surface area contributed by atoms with Crippen molar-refractivity contribution in [1.29, 1.82) is 0 Å². The first kappa shape index (κ1) is 19.0. The van der Waals surface area contributed by atoms with Gasteiger partial charge in [-0.15, -0.1) is 0 Å². The highest BCUT2D eigenvalue weighted by Crippen LogP contribution is 2.48. The first-order valence-electron chi connectivity index (χ1n) is 9.48. The maximum atomic E-state index is 11.4. The molecule has 1 N–H and O–H groups in total. The van der Waals surface area contributed by atoms with Crippen molar-refractivity contribution in [2.45, 2.75) is 20.3 Å². The Morgan fingerprint density at radius 2 is 1.90 bits per heavy atom. The number of pyridine rings is 1. The SMILES string of the molecule is COc1cc2nccc(C3=C(C4=CC=C(NC(C)=O)CC=C4C)[CH]3)c2cc1OC.[HH]. The topological polar surface area (TPSA) is 60.5 Å². The number of fused-ring (bicyclic) bond motifs is 1. The molecule has 0 fully saturated rings. The molecule has 29 heavy (non-hydrogen) atoms. The van der Waals surface area contributed by atoms with Crippen LogP contribution < -0.4 is 14.8 Å². The molecule has 1 radical (unpaired) electrons. The van der Waals surface area contributed by atoms with Gasteiger partial charge in [-0.25, -0.2) is 0 Å². The summed E-state index contributed by atoms with van der Waals surface area (Å²) in [5, 5.41) is 3.91. The molecule has 1 aromatic heterocycles. The molecule has 1 aromatic carbocycles. The molecule has 0 saturated carbocycles. The summed E-state index contributed by atoms with van der Waals surface area (Å²) >= 11 is 0. The molecule has 0 atom stereocenters. The van der Waals surface area contributed by atoms with Crippen molar-refractivity contribution in [3.63, 3.8) is 0 Å². The van der Waals surface area contributed by atoms with E-state index in [1.807, 2.05) is 30.5 Å². The Balaban J connectivity index is 0.00000256. The minimum atomic E-state index is -0.0512. The van der Waals surface area contributed by atoms with Crippen LogP contribution in [0.2, 0.25) is 0 Å². The molecule has 1 heterocycles. The van der Waals surface area contributed by atoms with E-state index in [2.05, 4.69) is 35.8 Å². The lowest BCUT2D eigenvalue weighted by atomic mass is 10.0. The minimum absolute atomic E-state index is 0. The quantitative estimate of drug-likeness (QED) is 0.800. The van der Waals surface area contributed by atoms with Crippen molar-refractivity contribution in [1.82, 2.24) is 10.3 Å². The zero-order valence-corrected chi connectivity index (χ0v) is 17.0. The number of nitrogens with one attached hydrogen (secondary N) is 1. The number of allylic oxidation sites excluding steroid dienone is 7. The second-order valence-corrected chi connectivity index (χ2v) is 7.10. The van der Waals surface area contributed by atoms with Crippen molar-refractivity contribution < 1.29 is 15.7 Å². The molecular weight excluding hydrogens is 364 g/mol. The highest BCUT2D eigenvalue weighted by Gasteiger charge is 2.29. The Bertz CT molecular complexity index is 1140. The van der Waals surface area contributed by atoms with Crippen LogP contribution in [0.4, 0.5) is 0 Å². The average Bonchev–Trinajstić information content (AvgIpc) is 3.51. The highest BCUT2D eigenvalue weighted by molar-refractivity contribution is 6.06. The average molecular weight is 389 g/mol. The predicted molar refractivity (Wildman–Crippen MR) is 117 cm³/mol. The predicted octanol–water partition coefficient (Wildman–Crippen LogP) is 4.77. The van der Waals surface area contributed by atoms with Gasteiger partial charge in [-0.2, -0.15) is 0 Å². The molecule has 2 aliphatic rings. The van der Waals surface area contributed by atoms with Crippen molar-refractivity contribution in [2.75, 3.05) is 14.2 Å². The van der Waals surface area contributed by atoms with Gasteiger partial charge in [-0.05, 0) is 53.0 Å². The molecule has 0 aliphatic heterocycles. The fourth-order valence-electron chi connectivity index (χ4n) is 3.64. The smallest absolute Gasteiger partial charge is 0.221 e. The summed E-state index contributed by atoms with van der Waals surface area (Å²) in [4.78, 5) is 15.9. The van der Waals surface area contributed by atoms with Crippen molar-refractivity contribution in [2.24, 2.45) is 0 Å². The maximum Gasteiger partial charge on any atom is 0.221 e. The molecule has 5 heteroatoms. The lowest BCUT2D eigenvalue weighted by Gasteiger charge is -2.10. The van der Waals surface area contributed by atoms with Crippen LogP contribution in [0.1, 0.15) is 27.3 Å². The molecule has 0 unspecified atom stereocenters. The van der Waals surface area contributed by atoms with Gasteiger partial charge in [0.05, 0.1) is 19.7 Å². The van der Waals surface area contributed by atoms with E-state index in [-0.39, 0.29) is 7.33 Å². The Labute approximate surface area is 171 Å². The lowest BCUT2D eigenvalue weighted by Crippen LogP contribution is -2.18. The summed E-state index contributed by atoms with van der Waals surface area (Å²) < 4.78 is 10.9. The molecule has 0 bridgehead atoms. The zero-order valence-electron chi connectivity index (χ0n) is 17.0. The van der Waals surface area contributed by atoms with E-state index >= 15 is 0 Å². The Hall–Kier alpha value is -3.34. The number of hydrogen-bond donors (Lipinski definition) is 1. The fourth-order valence-corrected chi connectivity index (χ4v) is 3.64. The summed E-state index contributed by atoms with van der Waals surface area (Å²) in [5.41, 5.74) is 7.66. The third-order valence-electron chi connectivity index (χ3n) is 5.16. The molecule has 149 valence electrons. The number of carbonyl (C=O) groups is 1. The summed E-state index contributed by atoms with van der Waals surface area (Å²) in [6.07, 6.45) is 10.9. The van der Waals surface area contributed by atoms with E-state index in [0.717, 1.165) is 22.2 Å². The Morgan fingerprint density at radius 3 is 2.62 bits per heavy atom. The first-order chi connectivity index (χ1) is 14.0. The van der Waals surface area contributed by atoms with E-state index in [1.54, 1.807) is 14.2 Å². The first-order valence-corrected chi connectivity index (χ1v) is 9.48. The Morgan fingerprint density at radius 1 is 1.14 bits per heavy atom. The summed E-state index contributed by atoms with van der Waals surface area (Å²) in [6, 6.07) is 5.91. The Kier molecular flexibility index (Phi) is 4.97. The van der Waals surface area contributed by atoms with Gasteiger partial charge in [-0.1, -0.05) is 12.2 Å². The molecule has 2 aliphatic carbocycles. The van der Waals surface area contributed by atoms with Gasteiger partial charge < -0.3 is 14.8 Å². The maximum absolute atomic E-state index is 11.4. The van der Waals surface area contributed by atoms with Gasteiger partial charge in [0.2, 0.25) is 5.91 Å². The molecular formula is C24H25N2O3. The molecule has 2 aromatic rings. The van der Waals surface area contributed by atoms with Gasteiger partial charge >= 0.3 is 0 Å². The van der Waals surface area contributed by atoms with Crippen LogP contribution in [0.5, 0.6) is 11.5 Å². The normalized spacial score (nSPS) is 15.9. The molecule has 4 rings (SSSR count). The van der Waals surface area contributed by atoms with Gasteiger partial charge in [0.1, 0.15) is 0 Å². The van der Waals surface area contributed by atoms with Crippen molar-refractivity contribution in [3.8, 4) is 11.5 Å². The lowest BCUT2D eigenvalue weighted by molar-refractivity contribution is -0.118. The summed E-state index contributed by atoms with van der Waals surface area (Å²) in [6.45, 7) is 3.63. The van der Waals surface area contributed by atoms with Crippen LogP contribution in [0.25, 0.3) is 16.5 Å². The number of ether oxygens (including phenoxy) is 2. The number of carbonyl (C=O) groups excluding carboxylic acids is 1. The van der Waals surface area contributed by atoms with Crippen LogP contribution in [0.15, 0.2) is 65.0 Å². The third kappa shape index (κ3) is 3.68. The monoisotopic (exact) mass is 389 g/mol. The van der Waals surface area contributed by atoms with Gasteiger partial charge in [0, 0.05) is 44.5 Å². The van der Waals surface area contributed by atoms with E-state index in [9.17, 15) is 4.79 Å². The number of aromatic nitrogens is 1. The largest absolute Gasteiger partial charge is 0.493 e. The van der Waals surface area contributed by atoms with Gasteiger partial charge in [0.15, 0.2) is 11.5 Å². The second-order valence-electron chi connectivity index (χ2n) is 7.10. The number of rotatable bonds is 5. The molecule has 0 saturated heterocycles. The van der Waals surface area contributed by atoms with Gasteiger partial charge in [-0.3, -0.25) is 9.78 Å². The van der Waals surface area contributed by atoms with Crippen LogP contribution in [0, 0.1) is 6.42 Å². The molecule has 0 spiro atoms. The number of nitrogens with zero attached hydrogens (tertiary/aromatic N) is 1. The van der Waals surface area contributed by atoms with Crippen LogP contribution >= 0.6 is 0 Å². The van der Waals surface area contributed by atoms with Crippen LogP contribution in [0.3, 0.4) is 0 Å². The van der Waals surface area contributed by atoms with E-state index in [0.29, 0.717) is 17.9 Å². The zero-order chi connectivity index (χ0) is 20.5. The summed E-state index contributed by atoms with van der Waals surface area (Å²) in [7, 11) is 3.26. The molecule has 5 nitrogen and oxygen atoms in total. The minimum Gasteiger partial charge on any atom is -0.493 e. The molecule has 1 amide bonds. The van der Waals surface area contributed by atoms with E-state index in [4.69, 9.17) is 9.47 Å². The van der Waals surface area contributed by atoms with Crippen molar-refractivity contribution >= 4 is 22.4 Å². The standard InChI is InChI=1S/C24H23N2O3.H2/c1-14-5-6-16(26-15(2)27)7-8-17(14)19-11-20(19)18-9-10-25-22-13-24(29-4)23(28-3)12-21(18)22;/h5,7-13H,6H2,1-4H3,(H,26,27);1H. The number of benzene rings is 1. The second kappa shape index (κ2) is 7.59. The number of hydrogen-bond acceptors (Lipinski definition) is 4. The summed E-state index contributed by atoms with van der Waals surface area (Å²) in [5.74, 6) is 1.30. The van der Waals surface area contributed by atoms with E-state index < -0.39 is 0 Å².